The minimum atomic E-state index is 0.220. The van der Waals surface area contributed by atoms with Crippen LogP contribution in [-0.2, 0) is 9.53 Å². The van der Waals surface area contributed by atoms with Crippen molar-refractivity contribution >= 4 is 5.91 Å². The van der Waals surface area contributed by atoms with Crippen LogP contribution in [0.2, 0.25) is 0 Å². The summed E-state index contributed by atoms with van der Waals surface area (Å²) in [7, 11) is 0. The summed E-state index contributed by atoms with van der Waals surface area (Å²) < 4.78 is 5.71. The second-order valence-corrected chi connectivity index (χ2v) is 6.13. The van der Waals surface area contributed by atoms with Crippen molar-refractivity contribution in [2.45, 2.75) is 65.6 Å². The van der Waals surface area contributed by atoms with Gasteiger partial charge >= 0.3 is 0 Å². The van der Waals surface area contributed by atoms with Crippen molar-refractivity contribution in [3.63, 3.8) is 0 Å². The third-order valence-corrected chi connectivity index (χ3v) is 3.88. The van der Waals surface area contributed by atoms with Gasteiger partial charge in [-0.3, -0.25) is 4.79 Å². The number of nitrogens with zero attached hydrogens (tertiary/aromatic N) is 1. The molecule has 1 amide bonds. The summed E-state index contributed by atoms with van der Waals surface area (Å²) in [5, 5.41) is 3.39. The summed E-state index contributed by atoms with van der Waals surface area (Å²) >= 11 is 0. The van der Waals surface area contributed by atoms with E-state index in [-0.39, 0.29) is 18.1 Å². The fourth-order valence-electron chi connectivity index (χ4n) is 2.63. The first kappa shape index (κ1) is 16.4. The number of hydrogen-bond acceptors (Lipinski definition) is 3. The molecule has 3 unspecified atom stereocenters. The van der Waals surface area contributed by atoms with Gasteiger partial charge in [0.1, 0.15) is 0 Å². The predicted octanol–water partition coefficient (Wildman–Crippen LogP) is 2.04. The van der Waals surface area contributed by atoms with Crippen molar-refractivity contribution < 1.29 is 9.53 Å². The standard InChI is InChI=1S/C15H30N2O2/c1-11(2)10-12(3)19-9-6-15(18)17-8-7-16-13(4)14(17)5/h11-14,16H,6-10H2,1-5H3. The van der Waals surface area contributed by atoms with Gasteiger partial charge in [0.25, 0.3) is 0 Å². The van der Waals surface area contributed by atoms with Crippen LogP contribution < -0.4 is 5.32 Å². The van der Waals surface area contributed by atoms with Crippen LogP contribution in [0, 0.1) is 5.92 Å². The van der Waals surface area contributed by atoms with Gasteiger partial charge in [0.2, 0.25) is 5.91 Å². The first-order chi connectivity index (χ1) is 8.91. The smallest absolute Gasteiger partial charge is 0.225 e. The molecule has 1 saturated heterocycles. The molecular weight excluding hydrogens is 240 g/mol. The Balaban J connectivity index is 2.27. The normalized spacial score (nSPS) is 25.7. The lowest BCUT2D eigenvalue weighted by Crippen LogP contribution is -2.57. The lowest BCUT2D eigenvalue weighted by Gasteiger charge is -2.38. The number of piperazine rings is 1. The zero-order valence-corrected chi connectivity index (χ0v) is 13.1. The van der Waals surface area contributed by atoms with Crippen LogP contribution >= 0.6 is 0 Å². The van der Waals surface area contributed by atoms with E-state index in [2.05, 4.69) is 39.9 Å². The maximum absolute atomic E-state index is 12.2. The highest BCUT2D eigenvalue weighted by molar-refractivity contribution is 5.76. The number of rotatable bonds is 6. The molecule has 112 valence electrons. The van der Waals surface area contributed by atoms with E-state index >= 15 is 0 Å². The van der Waals surface area contributed by atoms with Crippen LogP contribution in [0.25, 0.3) is 0 Å². The average molecular weight is 270 g/mol. The van der Waals surface area contributed by atoms with Crippen LogP contribution in [-0.4, -0.2) is 48.7 Å². The molecule has 4 nitrogen and oxygen atoms in total. The Bertz CT molecular complexity index is 281. The summed E-state index contributed by atoms with van der Waals surface area (Å²) in [6, 6.07) is 0.646. The maximum Gasteiger partial charge on any atom is 0.225 e. The van der Waals surface area contributed by atoms with E-state index in [0.717, 1.165) is 19.5 Å². The van der Waals surface area contributed by atoms with Gasteiger partial charge in [0.15, 0.2) is 0 Å². The molecule has 1 N–H and O–H groups in total. The lowest BCUT2D eigenvalue weighted by atomic mass is 10.1. The van der Waals surface area contributed by atoms with Crippen LogP contribution in [0.4, 0.5) is 0 Å². The highest BCUT2D eigenvalue weighted by Gasteiger charge is 2.27. The number of amides is 1. The zero-order valence-electron chi connectivity index (χ0n) is 13.1. The Morgan fingerprint density at radius 1 is 1.37 bits per heavy atom. The quantitative estimate of drug-likeness (QED) is 0.803. The Kier molecular flexibility index (Phi) is 6.80. The van der Waals surface area contributed by atoms with Crippen LogP contribution in [0.3, 0.4) is 0 Å². The average Bonchev–Trinajstić information content (AvgIpc) is 2.31. The van der Waals surface area contributed by atoms with Crippen LogP contribution in [0.15, 0.2) is 0 Å². The van der Waals surface area contributed by atoms with Gasteiger partial charge in [-0.15, -0.1) is 0 Å². The molecule has 3 atom stereocenters. The molecule has 1 rings (SSSR count). The van der Waals surface area contributed by atoms with E-state index in [1.165, 1.54) is 0 Å². The molecule has 0 aliphatic carbocycles. The molecule has 0 saturated carbocycles. The summed E-state index contributed by atoms with van der Waals surface area (Å²) in [4.78, 5) is 14.2. The van der Waals surface area contributed by atoms with E-state index in [4.69, 9.17) is 4.74 Å². The lowest BCUT2D eigenvalue weighted by molar-refractivity contribution is -0.136. The first-order valence-electron chi connectivity index (χ1n) is 7.56. The minimum absolute atomic E-state index is 0.220. The van der Waals surface area contributed by atoms with Gasteiger partial charge in [0.05, 0.1) is 19.1 Å². The third-order valence-electron chi connectivity index (χ3n) is 3.88. The van der Waals surface area contributed by atoms with Gasteiger partial charge in [-0.25, -0.2) is 0 Å². The maximum atomic E-state index is 12.2. The van der Waals surface area contributed by atoms with Gasteiger partial charge < -0.3 is 15.0 Å². The van der Waals surface area contributed by atoms with Crippen molar-refractivity contribution in [1.29, 1.82) is 0 Å². The molecule has 1 heterocycles. The van der Waals surface area contributed by atoms with Crippen LogP contribution in [0.1, 0.15) is 47.5 Å². The Morgan fingerprint density at radius 2 is 2.05 bits per heavy atom. The number of carbonyl (C=O) groups is 1. The number of hydrogen-bond donors (Lipinski definition) is 1. The summed E-state index contributed by atoms with van der Waals surface area (Å²) in [6.45, 7) is 12.9. The highest BCUT2D eigenvalue weighted by Crippen LogP contribution is 2.12. The SMILES string of the molecule is CC(C)CC(C)OCCC(=O)N1CCNC(C)C1C. The van der Waals surface area contributed by atoms with Gasteiger partial charge in [-0.05, 0) is 33.1 Å². The fraction of sp³-hybridized carbons (Fsp3) is 0.933. The Hall–Kier alpha value is -0.610. The van der Waals surface area contributed by atoms with Crippen molar-refractivity contribution in [3.05, 3.63) is 0 Å². The van der Waals surface area contributed by atoms with Crippen LogP contribution in [0.5, 0.6) is 0 Å². The topological polar surface area (TPSA) is 41.6 Å². The molecule has 19 heavy (non-hydrogen) atoms. The molecule has 0 spiro atoms. The molecule has 1 aliphatic heterocycles. The van der Waals surface area contributed by atoms with E-state index in [0.29, 0.717) is 25.0 Å². The van der Waals surface area contributed by atoms with Crippen molar-refractivity contribution in [1.82, 2.24) is 10.2 Å². The fourth-order valence-corrected chi connectivity index (χ4v) is 2.63. The van der Waals surface area contributed by atoms with Crippen molar-refractivity contribution in [3.8, 4) is 0 Å². The number of carbonyl (C=O) groups excluding carboxylic acids is 1. The molecule has 4 heteroatoms. The summed E-state index contributed by atoms with van der Waals surface area (Å²) in [5.41, 5.74) is 0. The molecule has 1 aliphatic rings. The van der Waals surface area contributed by atoms with E-state index < -0.39 is 0 Å². The Morgan fingerprint density at radius 3 is 2.68 bits per heavy atom. The first-order valence-corrected chi connectivity index (χ1v) is 7.56. The summed E-state index contributed by atoms with van der Waals surface area (Å²) in [5.74, 6) is 0.859. The van der Waals surface area contributed by atoms with Crippen molar-refractivity contribution in [2.24, 2.45) is 5.92 Å². The predicted molar refractivity (Wildman–Crippen MR) is 78.1 cm³/mol. The number of ether oxygens (including phenoxy) is 1. The molecular formula is C15H30N2O2. The monoisotopic (exact) mass is 270 g/mol. The third kappa shape index (κ3) is 5.49. The van der Waals surface area contributed by atoms with Gasteiger partial charge in [0, 0.05) is 25.2 Å². The molecule has 0 radical (unpaired) electrons. The van der Waals surface area contributed by atoms with Gasteiger partial charge in [-0.1, -0.05) is 13.8 Å². The highest BCUT2D eigenvalue weighted by atomic mass is 16.5. The second kappa shape index (κ2) is 7.85. The van der Waals surface area contributed by atoms with E-state index in [1.807, 2.05) is 4.90 Å². The molecule has 1 fully saturated rings. The van der Waals surface area contributed by atoms with Gasteiger partial charge in [-0.2, -0.15) is 0 Å². The molecule has 0 bridgehead atoms. The number of nitrogens with one attached hydrogen (secondary N) is 1. The molecule has 0 aromatic heterocycles. The largest absolute Gasteiger partial charge is 0.378 e. The molecule has 0 aromatic rings. The minimum Gasteiger partial charge on any atom is -0.378 e. The summed E-state index contributed by atoms with van der Waals surface area (Å²) in [6.07, 6.45) is 1.79. The molecule has 0 aromatic carbocycles. The zero-order chi connectivity index (χ0) is 14.4. The second-order valence-electron chi connectivity index (χ2n) is 6.13. The van der Waals surface area contributed by atoms with E-state index in [1.54, 1.807) is 0 Å². The van der Waals surface area contributed by atoms with E-state index in [9.17, 15) is 4.79 Å². The van der Waals surface area contributed by atoms with Crippen molar-refractivity contribution in [2.75, 3.05) is 19.7 Å². The Labute approximate surface area is 117 Å².